The summed E-state index contributed by atoms with van der Waals surface area (Å²) < 4.78 is 20.6. The predicted molar refractivity (Wildman–Crippen MR) is 147 cm³/mol. The number of fused-ring (bicyclic) bond motifs is 2. The van der Waals surface area contributed by atoms with Crippen LogP contribution in [0, 0.1) is 5.82 Å². The highest BCUT2D eigenvalue weighted by Gasteiger charge is 2.18. The zero-order valence-electron chi connectivity index (χ0n) is 21.1. The molecule has 0 amide bonds. The summed E-state index contributed by atoms with van der Waals surface area (Å²) in [6.45, 7) is 3.55. The zero-order valence-corrected chi connectivity index (χ0v) is 21.1. The van der Waals surface area contributed by atoms with Crippen LogP contribution in [0.4, 0.5) is 4.39 Å². The average Bonchev–Trinajstić information content (AvgIpc) is 3.72. The van der Waals surface area contributed by atoms with Crippen LogP contribution in [0.15, 0.2) is 67.1 Å². The number of nitrogens with zero attached hydrogens (tertiary/aromatic N) is 6. The van der Waals surface area contributed by atoms with E-state index >= 15 is 0 Å². The van der Waals surface area contributed by atoms with Crippen molar-refractivity contribution in [2.75, 3.05) is 26.2 Å². The summed E-state index contributed by atoms with van der Waals surface area (Å²) in [7, 11) is 0. The fourth-order valence-electron chi connectivity index (χ4n) is 5.12. The van der Waals surface area contributed by atoms with Crippen molar-refractivity contribution in [3.63, 3.8) is 0 Å². The van der Waals surface area contributed by atoms with Gasteiger partial charge in [-0.25, -0.2) is 14.4 Å². The summed E-state index contributed by atoms with van der Waals surface area (Å²) in [6.07, 6.45) is 7.60. The number of imidazole rings is 1. The Morgan fingerprint density at radius 1 is 0.949 bits per heavy atom. The number of halogens is 1. The molecule has 39 heavy (non-hydrogen) atoms. The number of likely N-dealkylation sites (tertiary alicyclic amines) is 1. The molecule has 0 radical (unpaired) electrons. The predicted octanol–water partition coefficient (Wildman–Crippen LogP) is 5.24. The van der Waals surface area contributed by atoms with E-state index in [4.69, 9.17) is 9.72 Å². The number of aromatic nitrogens is 7. The number of aromatic amines is 2. The molecule has 1 aromatic carbocycles. The van der Waals surface area contributed by atoms with Gasteiger partial charge in [-0.05, 0) is 67.9 Å². The van der Waals surface area contributed by atoms with Gasteiger partial charge in [0.1, 0.15) is 23.9 Å². The number of nitrogens with one attached hydrogen (secondary N) is 2. The molecule has 5 aromatic heterocycles. The SMILES string of the molecule is Fc1cc(OCCN2CCCC2)cc(-c2ccnc3nc(-c4n[nH]c5cnc(-c6ccccn6)cc45)[nH]c23)c1. The van der Waals surface area contributed by atoms with E-state index in [1.165, 1.54) is 25.0 Å². The van der Waals surface area contributed by atoms with Gasteiger partial charge >= 0.3 is 0 Å². The summed E-state index contributed by atoms with van der Waals surface area (Å²) in [4.78, 5) is 23.8. The van der Waals surface area contributed by atoms with Crippen LogP contribution >= 0.6 is 0 Å². The minimum absolute atomic E-state index is 0.360. The van der Waals surface area contributed by atoms with E-state index in [1.54, 1.807) is 18.6 Å². The van der Waals surface area contributed by atoms with Crippen molar-refractivity contribution in [1.82, 2.24) is 40.0 Å². The first kappa shape index (κ1) is 23.4. The second-order valence-corrected chi connectivity index (χ2v) is 9.62. The summed E-state index contributed by atoms with van der Waals surface area (Å²) in [6, 6.07) is 14.3. The average molecular weight is 521 g/mol. The number of ether oxygens (including phenoxy) is 1. The Morgan fingerprint density at radius 2 is 1.87 bits per heavy atom. The Balaban J connectivity index is 1.23. The fraction of sp³-hybridized carbons (Fsp3) is 0.207. The van der Waals surface area contributed by atoms with E-state index < -0.39 is 0 Å². The lowest BCUT2D eigenvalue weighted by atomic mass is 10.1. The number of pyridine rings is 3. The molecule has 6 aromatic rings. The van der Waals surface area contributed by atoms with Crippen molar-refractivity contribution in [3.8, 4) is 39.8 Å². The first-order chi connectivity index (χ1) is 19.2. The zero-order chi connectivity index (χ0) is 26.2. The molecule has 0 unspecified atom stereocenters. The summed E-state index contributed by atoms with van der Waals surface area (Å²) >= 11 is 0. The van der Waals surface area contributed by atoms with Crippen LogP contribution in [-0.2, 0) is 0 Å². The van der Waals surface area contributed by atoms with Crippen molar-refractivity contribution in [1.29, 1.82) is 0 Å². The molecule has 1 fully saturated rings. The van der Waals surface area contributed by atoms with Crippen LogP contribution in [0.5, 0.6) is 5.75 Å². The molecule has 0 bridgehead atoms. The molecule has 0 aliphatic carbocycles. The largest absolute Gasteiger partial charge is 0.492 e. The highest BCUT2D eigenvalue weighted by molar-refractivity contribution is 5.96. The molecule has 0 saturated carbocycles. The first-order valence-electron chi connectivity index (χ1n) is 13.0. The number of H-pyrrole nitrogens is 2. The summed E-state index contributed by atoms with van der Waals surface area (Å²) in [5.74, 6) is 0.691. The van der Waals surface area contributed by atoms with Crippen molar-refractivity contribution >= 4 is 22.1 Å². The summed E-state index contributed by atoms with van der Waals surface area (Å²) in [5, 5.41) is 8.38. The van der Waals surface area contributed by atoms with Crippen molar-refractivity contribution in [2.24, 2.45) is 0 Å². The molecule has 0 spiro atoms. The molecule has 2 N–H and O–H groups in total. The Kier molecular flexibility index (Phi) is 5.93. The van der Waals surface area contributed by atoms with E-state index in [2.05, 4.69) is 35.0 Å². The van der Waals surface area contributed by atoms with Crippen molar-refractivity contribution in [2.45, 2.75) is 12.8 Å². The standard InChI is InChI=1S/C29H25FN8O/c30-19-13-18(14-20(15-19)39-12-11-38-9-3-4-10-38)21-6-8-32-28-26(21)34-29(35-28)27-22-16-24(23-5-1-2-7-31-23)33-17-25(22)36-37-27/h1-2,5-8,13-17H,3-4,9-12H2,(H,36,37)(H,32,34,35). The van der Waals surface area contributed by atoms with Gasteiger partial charge in [0.05, 0.1) is 28.6 Å². The van der Waals surface area contributed by atoms with Gasteiger partial charge in [-0.3, -0.25) is 20.0 Å². The third kappa shape index (κ3) is 4.59. The Bertz CT molecular complexity index is 1780. The second-order valence-electron chi connectivity index (χ2n) is 9.62. The Labute approximate surface area is 223 Å². The Hall–Kier alpha value is -4.70. The number of rotatable bonds is 7. The van der Waals surface area contributed by atoms with E-state index in [0.29, 0.717) is 40.6 Å². The molecule has 1 aliphatic heterocycles. The van der Waals surface area contributed by atoms with Gasteiger partial charge in [-0.2, -0.15) is 5.10 Å². The van der Waals surface area contributed by atoms with Crippen molar-refractivity contribution < 1.29 is 9.13 Å². The van der Waals surface area contributed by atoms with Gasteiger partial charge in [0.25, 0.3) is 0 Å². The van der Waals surface area contributed by atoms with E-state index in [9.17, 15) is 4.39 Å². The monoisotopic (exact) mass is 520 g/mol. The van der Waals surface area contributed by atoms with E-state index in [-0.39, 0.29) is 5.82 Å². The number of benzene rings is 1. The van der Waals surface area contributed by atoms with Crippen LogP contribution in [0.3, 0.4) is 0 Å². The van der Waals surface area contributed by atoms with Gasteiger partial charge in [0, 0.05) is 36.0 Å². The molecule has 1 aliphatic rings. The minimum Gasteiger partial charge on any atom is -0.492 e. The summed E-state index contributed by atoms with van der Waals surface area (Å²) in [5.41, 5.74) is 5.58. The normalized spacial score (nSPS) is 14.0. The van der Waals surface area contributed by atoms with Crippen LogP contribution < -0.4 is 4.74 Å². The molecule has 10 heteroatoms. The van der Waals surface area contributed by atoms with Gasteiger partial charge < -0.3 is 9.72 Å². The molecule has 0 atom stereocenters. The van der Waals surface area contributed by atoms with Gasteiger partial charge in [-0.1, -0.05) is 6.07 Å². The molecular formula is C29H25FN8O. The van der Waals surface area contributed by atoms with Crippen LogP contribution in [0.25, 0.3) is 56.1 Å². The first-order valence-corrected chi connectivity index (χ1v) is 13.0. The third-order valence-electron chi connectivity index (χ3n) is 7.05. The van der Waals surface area contributed by atoms with Crippen molar-refractivity contribution in [3.05, 3.63) is 72.9 Å². The highest BCUT2D eigenvalue weighted by atomic mass is 19.1. The number of hydrogen-bond acceptors (Lipinski definition) is 7. The van der Waals surface area contributed by atoms with E-state index in [1.807, 2.05) is 36.4 Å². The third-order valence-corrected chi connectivity index (χ3v) is 7.05. The van der Waals surface area contributed by atoms with Gasteiger partial charge in [-0.15, -0.1) is 0 Å². The van der Waals surface area contributed by atoms with Crippen LogP contribution in [0.2, 0.25) is 0 Å². The maximum absolute atomic E-state index is 14.7. The smallest absolute Gasteiger partial charge is 0.178 e. The van der Waals surface area contributed by atoms with Gasteiger partial charge in [0.2, 0.25) is 0 Å². The second kappa shape index (κ2) is 9.88. The maximum Gasteiger partial charge on any atom is 0.178 e. The maximum atomic E-state index is 14.7. The topological polar surface area (TPSA) is 108 Å². The Morgan fingerprint density at radius 3 is 2.74 bits per heavy atom. The molecule has 6 heterocycles. The molecule has 194 valence electrons. The molecule has 9 nitrogen and oxygen atoms in total. The lowest BCUT2D eigenvalue weighted by Crippen LogP contribution is -2.25. The molecule has 1 saturated heterocycles. The van der Waals surface area contributed by atoms with Gasteiger partial charge in [0.15, 0.2) is 11.5 Å². The number of hydrogen-bond donors (Lipinski definition) is 2. The molecular weight excluding hydrogens is 495 g/mol. The lowest BCUT2D eigenvalue weighted by Gasteiger charge is -2.15. The van der Waals surface area contributed by atoms with Crippen LogP contribution in [-0.4, -0.2) is 66.3 Å². The van der Waals surface area contributed by atoms with Crippen LogP contribution in [0.1, 0.15) is 12.8 Å². The van der Waals surface area contributed by atoms with E-state index in [0.717, 1.165) is 47.5 Å². The lowest BCUT2D eigenvalue weighted by molar-refractivity contribution is 0.237. The highest BCUT2D eigenvalue weighted by Crippen LogP contribution is 2.33. The fourth-order valence-corrected chi connectivity index (χ4v) is 5.12. The minimum atomic E-state index is -0.360. The quantitative estimate of drug-likeness (QED) is 0.296. The molecule has 7 rings (SSSR count).